The first kappa shape index (κ1) is 14.0. The Kier molecular flexibility index (Phi) is 4.08. The molecular formula is C16H25NS. The van der Waals surface area contributed by atoms with Gasteiger partial charge in [0.25, 0.3) is 0 Å². The molecule has 18 heavy (non-hydrogen) atoms. The minimum atomic E-state index is 0.328. The van der Waals surface area contributed by atoms with Gasteiger partial charge in [0.05, 0.1) is 11.2 Å². The Morgan fingerprint density at radius 3 is 2.72 bits per heavy atom. The van der Waals surface area contributed by atoms with E-state index in [9.17, 15) is 0 Å². The molecule has 2 aliphatic carbocycles. The maximum atomic E-state index is 4.89. The van der Waals surface area contributed by atoms with Crippen LogP contribution in [-0.2, 0) is 0 Å². The Morgan fingerprint density at radius 2 is 2.11 bits per heavy atom. The standard InChI is InChI=1S/C16H25NS/c1-11(2)13-7-9-16(4)8-5-6-12(3)14(16)15(13)17-10-18/h12-15H,1,5-9H2,2-4H3. The van der Waals surface area contributed by atoms with Gasteiger partial charge in [-0.2, -0.15) is 0 Å². The summed E-state index contributed by atoms with van der Waals surface area (Å²) < 4.78 is 0. The van der Waals surface area contributed by atoms with E-state index in [1.807, 2.05) is 0 Å². The average molecular weight is 263 g/mol. The number of nitrogens with zero attached hydrogens (tertiary/aromatic N) is 1. The highest BCUT2D eigenvalue weighted by molar-refractivity contribution is 7.78. The van der Waals surface area contributed by atoms with Crippen molar-refractivity contribution in [2.75, 3.05) is 0 Å². The van der Waals surface area contributed by atoms with Gasteiger partial charge in [0.15, 0.2) is 0 Å². The van der Waals surface area contributed by atoms with E-state index < -0.39 is 0 Å². The zero-order chi connectivity index (χ0) is 13.3. The second-order valence-electron chi connectivity index (χ2n) is 6.75. The summed E-state index contributed by atoms with van der Waals surface area (Å²) in [5.74, 6) is 1.93. The second kappa shape index (κ2) is 5.27. The predicted octanol–water partition coefficient (Wildman–Crippen LogP) is 4.89. The molecule has 0 aromatic heterocycles. The Labute approximate surface area is 117 Å². The van der Waals surface area contributed by atoms with Gasteiger partial charge in [-0.1, -0.05) is 38.8 Å². The molecule has 0 bridgehead atoms. The van der Waals surface area contributed by atoms with Crippen molar-refractivity contribution in [1.29, 1.82) is 0 Å². The molecule has 100 valence electrons. The van der Waals surface area contributed by atoms with Gasteiger partial charge in [0, 0.05) is 5.92 Å². The molecule has 0 aliphatic heterocycles. The van der Waals surface area contributed by atoms with Gasteiger partial charge in [-0.15, -0.1) is 0 Å². The average Bonchev–Trinajstić information content (AvgIpc) is 2.28. The summed E-state index contributed by atoms with van der Waals surface area (Å²) in [6.07, 6.45) is 6.62. The van der Waals surface area contributed by atoms with Crippen molar-refractivity contribution in [2.45, 2.75) is 58.9 Å². The quantitative estimate of drug-likeness (QED) is 0.393. The first-order valence-corrected chi connectivity index (χ1v) is 7.63. The van der Waals surface area contributed by atoms with E-state index in [-0.39, 0.29) is 0 Å². The van der Waals surface area contributed by atoms with Crippen molar-refractivity contribution in [3.05, 3.63) is 12.2 Å². The number of rotatable bonds is 2. The highest BCUT2D eigenvalue weighted by Gasteiger charge is 2.50. The lowest BCUT2D eigenvalue weighted by Gasteiger charge is -2.53. The number of fused-ring (bicyclic) bond motifs is 1. The Bertz CT molecular complexity index is 383. The van der Waals surface area contributed by atoms with E-state index in [0.29, 0.717) is 23.3 Å². The molecule has 0 N–H and O–H groups in total. The molecule has 0 radical (unpaired) electrons. The van der Waals surface area contributed by atoms with Gasteiger partial charge in [0.2, 0.25) is 0 Å². The third kappa shape index (κ3) is 2.33. The van der Waals surface area contributed by atoms with Crippen molar-refractivity contribution in [1.82, 2.24) is 0 Å². The molecule has 0 spiro atoms. The zero-order valence-corrected chi connectivity index (χ0v) is 12.7. The molecule has 0 heterocycles. The molecule has 1 nitrogen and oxygen atoms in total. The van der Waals surface area contributed by atoms with Gasteiger partial charge in [-0.3, -0.25) is 0 Å². The molecule has 2 fully saturated rings. The molecule has 2 saturated carbocycles. The van der Waals surface area contributed by atoms with E-state index >= 15 is 0 Å². The summed E-state index contributed by atoms with van der Waals surface area (Å²) in [6.45, 7) is 11.2. The minimum absolute atomic E-state index is 0.328. The third-order valence-corrected chi connectivity index (χ3v) is 5.57. The summed E-state index contributed by atoms with van der Waals surface area (Å²) in [5.41, 5.74) is 1.73. The second-order valence-corrected chi connectivity index (χ2v) is 6.93. The summed E-state index contributed by atoms with van der Waals surface area (Å²) in [5, 5.41) is 2.66. The van der Waals surface area contributed by atoms with E-state index in [0.717, 1.165) is 5.92 Å². The van der Waals surface area contributed by atoms with Gasteiger partial charge in [0.1, 0.15) is 0 Å². The van der Waals surface area contributed by atoms with Crippen molar-refractivity contribution in [3.63, 3.8) is 0 Å². The van der Waals surface area contributed by atoms with E-state index in [4.69, 9.17) is 12.2 Å². The van der Waals surface area contributed by atoms with Crippen molar-refractivity contribution in [3.8, 4) is 0 Å². The molecule has 0 saturated heterocycles. The fraction of sp³-hybridized carbons (Fsp3) is 0.812. The molecule has 0 aromatic carbocycles. The number of aliphatic imine (C=N–C) groups is 1. The number of hydrogen-bond acceptors (Lipinski definition) is 2. The molecule has 2 heteroatoms. The predicted molar refractivity (Wildman–Crippen MR) is 81.0 cm³/mol. The van der Waals surface area contributed by atoms with Crippen molar-refractivity contribution < 1.29 is 0 Å². The molecular weight excluding hydrogens is 238 g/mol. The lowest BCUT2D eigenvalue weighted by atomic mass is 9.52. The van der Waals surface area contributed by atoms with Crippen LogP contribution in [0, 0.1) is 23.2 Å². The van der Waals surface area contributed by atoms with Crippen LogP contribution in [0.1, 0.15) is 52.9 Å². The largest absolute Gasteiger partial charge is 0.228 e. The molecule has 0 amide bonds. The maximum Gasteiger partial charge on any atom is 0.0703 e. The smallest absolute Gasteiger partial charge is 0.0703 e. The molecule has 2 rings (SSSR count). The minimum Gasteiger partial charge on any atom is -0.228 e. The number of isothiocyanates is 1. The van der Waals surface area contributed by atoms with Crippen LogP contribution in [0.15, 0.2) is 17.1 Å². The van der Waals surface area contributed by atoms with Crippen LogP contribution in [-0.4, -0.2) is 11.2 Å². The number of thiocarbonyl (C=S) groups is 1. The molecule has 5 atom stereocenters. The van der Waals surface area contributed by atoms with Gasteiger partial charge >= 0.3 is 0 Å². The molecule has 5 unspecified atom stereocenters. The number of hydrogen-bond donors (Lipinski definition) is 0. The van der Waals surface area contributed by atoms with Crippen LogP contribution in [0.4, 0.5) is 0 Å². The monoisotopic (exact) mass is 263 g/mol. The van der Waals surface area contributed by atoms with Crippen LogP contribution in [0.5, 0.6) is 0 Å². The molecule has 2 aliphatic rings. The highest BCUT2D eigenvalue weighted by atomic mass is 32.1. The lowest BCUT2D eigenvalue weighted by molar-refractivity contribution is -0.00850. The van der Waals surface area contributed by atoms with Crippen LogP contribution in [0.25, 0.3) is 0 Å². The lowest BCUT2D eigenvalue weighted by Crippen LogP contribution is -2.49. The first-order chi connectivity index (χ1) is 8.49. The highest BCUT2D eigenvalue weighted by Crippen LogP contribution is 2.55. The van der Waals surface area contributed by atoms with Crippen LogP contribution >= 0.6 is 12.2 Å². The Balaban J connectivity index is 2.36. The summed E-state index contributed by atoms with van der Waals surface area (Å²) in [4.78, 5) is 4.57. The fourth-order valence-corrected chi connectivity index (χ4v) is 4.70. The van der Waals surface area contributed by atoms with Crippen molar-refractivity contribution in [2.24, 2.45) is 28.2 Å². The van der Waals surface area contributed by atoms with Gasteiger partial charge in [-0.05, 0) is 55.7 Å². The van der Waals surface area contributed by atoms with Crippen LogP contribution < -0.4 is 0 Å². The topological polar surface area (TPSA) is 12.4 Å². The van der Waals surface area contributed by atoms with Gasteiger partial charge < -0.3 is 0 Å². The van der Waals surface area contributed by atoms with E-state index in [2.05, 4.69) is 37.5 Å². The Morgan fingerprint density at radius 1 is 1.39 bits per heavy atom. The first-order valence-electron chi connectivity index (χ1n) is 7.22. The molecule has 0 aromatic rings. The zero-order valence-electron chi connectivity index (χ0n) is 11.9. The van der Waals surface area contributed by atoms with E-state index in [1.54, 1.807) is 0 Å². The SMILES string of the molecule is C=C(C)C1CCC2(C)CCCC(C)C2C1N=C=S. The normalized spacial score (nSPS) is 43.7. The Hall–Kier alpha value is -0.460. The summed E-state index contributed by atoms with van der Waals surface area (Å²) >= 11 is 4.89. The maximum absolute atomic E-state index is 4.89. The fourth-order valence-electron chi connectivity index (χ4n) is 4.58. The van der Waals surface area contributed by atoms with E-state index in [1.165, 1.54) is 37.7 Å². The van der Waals surface area contributed by atoms with Crippen LogP contribution in [0.3, 0.4) is 0 Å². The van der Waals surface area contributed by atoms with Crippen LogP contribution in [0.2, 0.25) is 0 Å². The summed E-state index contributed by atoms with van der Waals surface area (Å²) in [6, 6.07) is 0.328. The third-order valence-electron chi connectivity index (χ3n) is 5.47. The summed E-state index contributed by atoms with van der Waals surface area (Å²) in [7, 11) is 0. The van der Waals surface area contributed by atoms with Crippen molar-refractivity contribution >= 4 is 17.4 Å². The van der Waals surface area contributed by atoms with Gasteiger partial charge in [-0.25, -0.2) is 4.99 Å².